The van der Waals surface area contributed by atoms with Crippen LogP contribution in [0.15, 0.2) is 24.3 Å². The number of hydrogen-bond donors (Lipinski definition) is 0. The van der Waals surface area contributed by atoms with Crippen LogP contribution in [0.5, 0.6) is 0 Å². The lowest BCUT2D eigenvalue weighted by Crippen LogP contribution is -2.17. The largest absolute Gasteiger partial charge is 0.323 e. The molecule has 1 aliphatic rings. The zero-order valence-corrected chi connectivity index (χ0v) is 9.63. The molecule has 0 spiro atoms. The first kappa shape index (κ1) is 12.0. The zero-order chi connectivity index (χ0) is 13.6. The number of anilines is 2. The molecule has 0 atom stereocenters. The Balaban J connectivity index is 2.11. The molecule has 2 nitrogen and oxygen atoms in total. The van der Waals surface area contributed by atoms with Gasteiger partial charge in [-0.05, 0) is 24.1 Å². The fraction of sp³-hybridized carbons (Fsp3) is 0.154. The van der Waals surface area contributed by atoms with Crippen molar-refractivity contribution in [2.45, 2.75) is 6.42 Å². The van der Waals surface area contributed by atoms with Crippen LogP contribution in [-0.4, -0.2) is 11.5 Å². The van der Waals surface area contributed by atoms with E-state index in [-0.39, 0.29) is 5.82 Å². The molecule has 0 amide bonds. The zero-order valence-electron chi connectivity index (χ0n) is 9.63. The monoisotopic (exact) mass is 268 g/mol. The molecule has 3 rings (SSSR count). The van der Waals surface area contributed by atoms with Gasteiger partial charge in [0.1, 0.15) is 5.82 Å². The quantitative estimate of drug-likeness (QED) is 0.582. The van der Waals surface area contributed by atoms with Crippen molar-refractivity contribution in [1.29, 1.82) is 0 Å². The second-order valence-corrected chi connectivity index (χ2v) is 4.24. The Labute approximate surface area is 106 Å². The standard InChI is InChI=1S/C13H8F4N2/c14-8-2-1-7-3-4-19(11(7)5-8)13-10(16)6-9(15)12(17)18-13/h1-2,5-6H,3-4H2. The number of benzene rings is 1. The lowest BCUT2D eigenvalue weighted by atomic mass is 10.2. The minimum atomic E-state index is -1.37. The maximum absolute atomic E-state index is 13.7. The lowest BCUT2D eigenvalue weighted by molar-refractivity contribution is 0.465. The predicted octanol–water partition coefficient (Wildman–Crippen LogP) is 3.33. The Morgan fingerprint density at radius 3 is 2.58 bits per heavy atom. The van der Waals surface area contributed by atoms with Crippen LogP contribution in [-0.2, 0) is 6.42 Å². The van der Waals surface area contributed by atoms with Gasteiger partial charge in [0.15, 0.2) is 17.5 Å². The molecule has 1 aliphatic heterocycles. The number of nitrogens with zero attached hydrogens (tertiary/aromatic N) is 2. The van der Waals surface area contributed by atoms with E-state index in [9.17, 15) is 17.6 Å². The smallest absolute Gasteiger partial charge is 0.251 e. The van der Waals surface area contributed by atoms with E-state index < -0.39 is 23.4 Å². The van der Waals surface area contributed by atoms with Gasteiger partial charge >= 0.3 is 0 Å². The molecule has 0 fully saturated rings. The van der Waals surface area contributed by atoms with Crippen molar-refractivity contribution in [3.8, 4) is 0 Å². The van der Waals surface area contributed by atoms with Gasteiger partial charge in [0.2, 0.25) is 0 Å². The van der Waals surface area contributed by atoms with Gasteiger partial charge in [-0.2, -0.15) is 9.37 Å². The number of aromatic nitrogens is 1. The Bertz CT molecular complexity index is 657. The topological polar surface area (TPSA) is 16.1 Å². The Morgan fingerprint density at radius 1 is 1.00 bits per heavy atom. The summed E-state index contributed by atoms with van der Waals surface area (Å²) < 4.78 is 52.9. The highest BCUT2D eigenvalue weighted by Crippen LogP contribution is 2.35. The van der Waals surface area contributed by atoms with Gasteiger partial charge in [-0.3, -0.25) is 0 Å². The minimum Gasteiger partial charge on any atom is -0.323 e. The van der Waals surface area contributed by atoms with Crippen molar-refractivity contribution >= 4 is 11.5 Å². The number of rotatable bonds is 1. The van der Waals surface area contributed by atoms with E-state index in [2.05, 4.69) is 4.98 Å². The van der Waals surface area contributed by atoms with Crippen molar-refractivity contribution in [3.63, 3.8) is 0 Å². The molecular weight excluding hydrogens is 260 g/mol. The molecule has 0 saturated heterocycles. The van der Waals surface area contributed by atoms with Gasteiger partial charge in [0.25, 0.3) is 5.95 Å². The van der Waals surface area contributed by atoms with Crippen LogP contribution in [0.25, 0.3) is 0 Å². The number of halogens is 4. The van der Waals surface area contributed by atoms with Crippen LogP contribution in [0.2, 0.25) is 0 Å². The third-order valence-electron chi connectivity index (χ3n) is 3.07. The molecule has 2 aromatic rings. The highest BCUT2D eigenvalue weighted by molar-refractivity contribution is 5.67. The second kappa shape index (κ2) is 4.22. The fourth-order valence-electron chi connectivity index (χ4n) is 2.20. The Kier molecular flexibility index (Phi) is 2.66. The molecular formula is C13H8F4N2. The van der Waals surface area contributed by atoms with E-state index in [0.717, 1.165) is 5.56 Å². The first-order valence-corrected chi connectivity index (χ1v) is 5.64. The molecule has 0 bridgehead atoms. The van der Waals surface area contributed by atoms with Crippen molar-refractivity contribution < 1.29 is 17.6 Å². The SMILES string of the molecule is Fc1ccc2c(c1)N(c1nc(F)c(F)cc1F)CC2. The highest BCUT2D eigenvalue weighted by Gasteiger charge is 2.25. The van der Waals surface area contributed by atoms with Crippen molar-refractivity contribution in [1.82, 2.24) is 4.98 Å². The van der Waals surface area contributed by atoms with Gasteiger partial charge in [-0.25, -0.2) is 13.2 Å². The average molecular weight is 268 g/mol. The normalized spacial score (nSPS) is 13.8. The molecule has 19 heavy (non-hydrogen) atoms. The van der Waals surface area contributed by atoms with Gasteiger partial charge in [-0.15, -0.1) is 0 Å². The average Bonchev–Trinajstić information content (AvgIpc) is 2.76. The molecule has 0 unspecified atom stereocenters. The third-order valence-corrected chi connectivity index (χ3v) is 3.07. The first-order valence-electron chi connectivity index (χ1n) is 5.64. The summed E-state index contributed by atoms with van der Waals surface area (Å²) in [6.07, 6.45) is 0.565. The van der Waals surface area contributed by atoms with Gasteiger partial charge in [0.05, 0.1) is 0 Å². The summed E-state index contributed by atoms with van der Waals surface area (Å²) >= 11 is 0. The highest BCUT2D eigenvalue weighted by atomic mass is 19.2. The maximum atomic E-state index is 13.7. The summed E-state index contributed by atoms with van der Waals surface area (Å²) in [7, 11) is 0. The molecule has 6 heteroatoms. The van der Waals surface area contributed by atoms with Crippen LogP contribution in [0.4, 0.5) is 29.1 Å². The van der Waals surface area contributed by atoms with Crippen LogP contribution >= 0.6 is 0 Å². The van der Waals surface area contributed by atoms with Gasteiger partial charge in [0, 0.05) is 18.3 Å². The van der Waals surface area contributed by atoms with Gasteiger partial charge in [-0.1, -0.05) is 6.07 Å². The van der Waals surface area contributed by atoms with E-state index in [1.165, 1.54) is 17.0 Å². The molecule has 0 radical (unpaired) electrons. The van der Waals surface area contributed by atoms with Crippen molar-refractivity contribution in [2.24, 2.45) is 0 Å². The van der Waals surface area contributed by atoms with Crippen LogP contribution < -0.4 is 4.90 Å². The Hall–Kier alpha value is -2.11. The van der Waals surface area contributed by atoms with E-state index in [1.54, 1.807) is 6.07 Å². The summed E-state index contributed by atoms with van der Waals surface area (Å²) in [6.45, 7) is 0.341. The molecule has 1 aromatic heterocycles. The Morgan fingerprint density at radius 2 is 1.79 bits per heavy atom. The molecule has 2 heterocycles. The summed E-state index contributed by atoms with van der Waals surface area (Å²) in [4.78, 5) is 4.61. The van der Waals surface area contributed by atoms with E-state index in [0.29, 0.717) is 24.7 Å². The summed E-state index contributed by atoms with van der Waals surface area (Å²) in [6, 6.07) is 4.56. The summed E-state index contributed by atoms with van der Waals surface area (Å²) in [5, 5.41) is 0. The van der Waals surface area contributed by atoms with Crippen LogP contribution in [0.1, 0.15) is 5.56 Å². The van der Waals surface area contributed by atoms with Crippen molar-refractivity contribution in [3.05, 3.63) is 53.2 Å². The first-order chi connectivity index (χ1) is 9.06. The molecule has 98 valence electrons. The van der Waals surface area contributed by atoms with Gasteiger partial charge < -0.3 is 4.90 Å². The molecule has 0 aliphatic carbocycles. The van der Waals surface area contributed by atoms with Crippen LogP contribution in [0, 0.1) is 23.4 Å². The molecule has 0 saturated carbocycles. The second-order valence-electron chi connectivity index (χ2n) is 4.24. The lowest BCUT2D eigenvalue weighted by Gasteiger charge is -2.19. The maximum Gasteiger partial charge on any atom is 0.251 e. The van der Waals surface area contributed by atoms with Crippen molar-refractivity contribution in [2.75, 3.05) is 11.4 Å². The van der Waals surface area contributed by atoms with Crippen LogP contribution in [0.3, 0.4) is 0 Å². The van der Waals surface area contributed by atoms with E-state index >= 15 is 0 Å². The summed E-state index contributed by atoms with van der Waals surface area (Å²) in [5.74, 6) is -4.51. The fourth-order valence-corrected chi connectivity index (χ4v) is 2.20. The predicted molar refractivity (Wildman–Crippen MR) is 61.2 cm³/mol. The molecule has 1 aromatic carbocycles. The number of pyridine rings is 1. The summed E-state index contributed by atoms with van der Waals surface area (Å²) in [5.41, 5.74) is 1.24. The number of hydrogen-bond acceptors (Lipinski definition) is 2. The molecule has 0 N–H and O–H groups in total. The van der Waals surface area contributed by atoms with E-state index in [4.69, 9.17) is 0 Å². The number of fused-ring (bicyclic) bond motifs is 1. The minimum absolute atomic E-state index is 0.330. The van der Waals surface area contributed by atoms with E-state index in [1.807, 2.05) is 0 Å². The third kappa shape index (κ3) is 1.93.